The highest BCUT2D eigenvalue weighted by molar-refractivity contribution is 5.65. The third-order valence-corrected chi connectivity index (χ3v) is 1.07. The standard InChI is InChI=1S/C6H9O4/c1-5(7)9-3-6-2-8-4-10-6/h4,6H,2-3H2,1H3. The monoisotopic (exact) mass is 145 g/mol. The van der Waals surface area contributed by atoms with E-state index in [0.717, 1.165) is 0 Å². The van der Waals surface area contributed by atoms with Crippen molar-refractivity contribution in [2.75, 3.05) is 13.2 Å². The molecular formula is C6H9O4. The lowest BCUT2D eigenvalue weighted by atomic mass is 10.4. The maximum Gasteiger partial charge on any atom is 0.302 e. The van der Waals surface area contributed by atoms with Crippen LogP contribution in [0.4, 0.5) is 0 Å². The van der Waals surface area contributed by atoms with Gasteiger partial charge in [-0.1, -0.05) is 0 Å². The summed E-state index contributed by atoms with van der Waals surface area (Å²) in [6.07, 6.45) is -0.121. The molecule has 1 fully saturated rings. The summed E-state index contributed by atoms with van der Waals surface area (Å²) in [4.78, 5) is 10.3. The first-order chi connectivity index (χ1) is 4.79. The highest BCUT2D eigenvalue weighted by Gasteiger charge is 2.17. The lowest BCUT2D eigenvalue weighted by Gasteiger charge is -2.05. The van der Waals surface area contributed by atoms with Crippen molar-refractivity contribution in [1.82, 2.24) is 0 Å². The highest BCUT2D eigenvalue weighted by atomic mass is 16.7. The van der Waals surface area contributed by atoms with E-state index in [-0.39, 0.29) is 18.7 Å². The number of hydrogen-bond donors (Lipinski definition) is 0. The Hall–Kier alpha value is -0.610. The average Bonchev–Trinajstić information content (AvgIpc) is 2.34. The normalized spacial score (nSPS) is 24.7. The Balaban J connectivity index is 2.07. The smallest absolute Gasteiger partial charge is 0.302 e. The molecule has 0 aromatic rings. The summed E-state index contributed by atoms with van der Waals surface area (Å²) < 4.78 is 14.3. The lowest BCUT2D eigenvalue weighted by molar-refractivity contribution is -0.143. The molecule has 1 atom stereocenters. The van der Waals surface area contributed by atoms with Crippen LogP contribution in [0.3, 0.4) is 0 Å². The Morgan fingerprint density at radius 1 is 1.90 bits per heavy atom. The number of ether oxygens (including phenoxy) is 3. The van der Waals surface area contributed by atoms with E-state index in [1.54, 1.807) is 0 Å². The van der Waals surface area contributed by atoms with Crippen molar-refractivity contribution < 1.29 is 19.0 Å². The Labute approximate surface area is 59.1 Å². The van der Waals surface area contributed by atoms with Crippen molar-refractivity contribution in [2.45, 2.75) is 13.0 Å². The van der Waals surface area contributed by atoms with Crippen LogP contribution in [0, 0.1) is 6.79 Å². The first kappa shape index (κ1) is 7.50. The van der Waals surface area contributed by atoms with Gasteiger partial charge < -0.3 is 14.2 Å². The zero-order valence-corrected chi connectivity index (χ0v) is 5.70. The molecule has 0 amide bonds. The minimum atomic E-state index is -0.296. The summed E-state index contributed by atoms with van der Waals surface area (Å²) in [5.41, 5.74) is 0. The van der Waals surface area contributed by atoms with Gasteiger partial charge >= 0.3 is 5.97 Å². The van der Waals surface area contributed by atoms with E-state index in [4.69, 9.17) is 9.47 Å². The Morgan fingerprint density at radius 2 is 2.70 bits per heavy atom. The fourth-order valence-corrected chi connectivity index (χ4v) is 0.601. The molecule has 1 unspecified atom stereocenters. The van der Waals surface area contributed by atoms with E-state index >= 15 is 0 Å². The lowest BCUT2D eigenvalue weighted by Crippen LogP contribution is -2.18. The molecule has 0 aromatic carbocycles. The quantitative estimate of drug-likeness (QED) is 0.516. The molecule has 0 bridgehead atoms. The third-order valence-electron chi connectivity index (χ3n) is 1.07. The summed E-state index contributed by atoms with van der Waals surface area (Å²) in [7, 11) is 0. The van der Waals surface area contributed by atoms with Gasteiger partial charge in [0.1, 0.15) is 12.7 Å². The van der Waals surface area contributed by atoms with Gasteiger partial charge in [-0.15, -0.1) is 0 Å². The van der Waals surface area contributed by atoms with Gasteiger partial charge in [0.25, 0.3) is 0 Å². The fraction of sp³-hybridized carbons (Fsp3) is 0.667. The van der Waals surface area contributed by atoms with Crippen molar-refractivity contribution in [3.63, 3.8) is 0 Å². The van der Waals surface area contributed by atoms with Crippen LogP contribution in [0.2, 0.25) is 0 Å². The molecule has 1 aliphatic heterocycles. The fourth-order valence-electron chi connectivity index (χ4n) is 0.601. The Kier molecular flexibility index (Phi) is 2.65. The van der Waals surface area contributed by atoms with Crippen molar-refractivity contribution in [2.24, 2.45) is 0 Å². The van der Waals surface area contributed by atoms with Crippen LogP contribution in [0.5, 0.6) is 0 Å². The maximum absolute atomic E-state index is 10.3. The van der Waals surface area contributed by atoms with Crippen LogP contribution in [0.25, 0.3) is 0 Å². The number of hydrogen-bond acceptors (Lipinski definition) is 4. The second-order valence-corrected chi connectivity index (χ2v) is 1.99. The van der Waals surface area contributed by atoms with Crippen LogP contribution in [0.1, 0.15) is 6.92 Å². The second-order valence-electron chi connectivity index (χ2n) is 1.99. The summed E-state index contributed by atoms with van der Waals surface area (Å²) >= 11 is 0. The van der Waals surface area contributed by atoms with Crippen molar-refractivity contribution >= 4 is 5.97 Å². The molecule has 0 saturated carbocycles. The molecule has 0 N–H and O–H groups in total. The van der Waals surface area contributed by atoms with Crippen LogP contribution < -0.4 is 0 Å². The van der Waals surface area contributed by atoms with Crippen LogP contribution >= 0.6 is 0 Å². The largest absolute Gasteiger partial charge is 0.463 e. The molecule has 1 aliphatic rings. The zero-order chi connectivity index (χ0) is 7.40. The minimum Gasteiger partial charge on any atom is -0.463 e. The van der Waals surface area contributed by atoms with Gasteiger partial charge in [-0.2, -0.15) is 0 Å². The van der Waals surface area contributed by atoms with Gasteiger partial charge in [0.2, 0.25) is 6.79 Å². The topological polar surface area (TPSA) is 44.8 Å². The van der Waals surface area contributed by atoms with Crippen molar-refractivity contribution in [3.05, 3.63) is 6.79 Å². The van der Waals surface area contributed by atoms with Crippen LogP contribution in [-0.4, -0.2) is 25.3 Å². The molecule has 1 radical (unpaired) electrons. The molecule has 10 heavy (non-hydrogen) atoms. The van der Waals surface area contributed by atoms with E-state index in [9.17, 15) is 4.79 Å². The van der Waals surface area contributed by atoms with Gasteiger partial charge in [0.15, 0.2) is 0 Å². The second kappa shape index (κ2) is 3.53. The Bertz CT molecular complexity index is 117. The molecule has 1 heterocycles. The highest BCUT2D eigenvalue weighted by Crippen LogP contribution is 2.06. The average molecular weight is 145 g/mol. The number of carbonyl (C=O) groups is 1. The third kappa shape index (κ3) is 2.33. The zero-order valence-electron chi connectivity index (χ0n) is 5.70. The molecule has 57 valence electrons. The van der Waals surface area contributed by atoms with Crippen LogP contribution in [0.15, 0.2) is 0 Å². The van der Waals surface area contributed by atoms with E-state index < -0.39 is 0 Å². The first-order valence-corrected chi connectivity index (χ1v) is 3.01. The molecule has 4 nitrogen and oxygen atoms in total. The molecule has 0 aliphatic carbocycles. The summed E-state index contributed by atoms with van der Waals surface area (Å²) in [5, 5.41) is 0. The molecule has 0 spiro atoms. The first-order valence-electron chi connectivity index (χ1n) is 3.01. The summed E-state index contributed by atoms with van der Waals surface area (Å²) in [6, 6.07) is 0. The molecule has 4 heteroatoms. The van der Waals surface area contributed by atoms with E-state index in [0.29, 0.717) is 6.61 Å². The van der Waals surface area contributed by atoms with Gasteiger partial charge in [-0.05, 0) is 0 Å². The number of rotatable bonds is 2. The predicted molar refractivity (Wildman–Crippen MR) is 31.8 cm³/mol. The number of esters is 1. The van der Waals surface area contributed by atoms with Crippen molar-refractivity contribution in [1.29, 1.82) is 0 Å². The van der Waals surface area contributed by atoms with E-state index in [2.05, 4.69) is 4.74 Å². The summed E-state index contributed by atoms with van der Waals surface area (Å²) in [6.45, 7) is 3.35. The molecule has 1 saturated heterocycles. The Morgan fingerprint density at radius 3 is 3.20 bits per heavy atom. The molecule has 1 rings (SSSR count). The van der Waals surface area contributed by atoms with Crippen molar-refractivity contribution in [3.8, 4) is 0 Å². The summed E-state index contributed by atoms with van der Waals surface area (Å²) in [5.74, 6) is -0.296. The SMILES string of the molecule is CC(=O)OCC1CO[CH]O1. The van der Waals surface area contributed by atoms with E-state index in [1.165, 1.54) is 13.7 Å². The van der Waals surface area contributed by atoms with Gasteiger partial charge in [-0.25, -0.2) is 0 Å². The van der Waals surface area contributed by atoms with Gasteiger partial charge in [-0.3, -0.25) is 4.79 Å². The predicted octanol–water partition coefficient (Wildman–Crippen LogP) is 0.0842. The van der Waals surface area contributed by atoms with Crippen LogP contribution in [-0.2, 0) is 19.0 Å². The van der Waals surface area contributed by atoms with E-state index in [1.807, 2.05) is 0 Å². The number of carbonyl (C=O) groups excluding carboxylic acids is 1. The molecular weight excluding hydrogens is 136 g/mol. The molecule has 0 aromatic heterocycles. The minimum absolute atomic E-state index is 0.121. The van der Waals surface area contributed by atoms with Gasteiger partial charge in [0.05, 0.1) is 6.61 Å². The van der Waals surface area contributed by atoms with Gasteiger partial charge in [0, 0.05) is 6.92 Å². The maximum atomic E-state index is 10.3.